The van der Waals surface area contributed by atoms with Gasteiger partial charge in [0.1, 0.15) is 0 Å². The van der Waals surface area contributed by atoms with Crippen molar-refractivity contribution >= 4 is 0 Å². The van der Waals surface area contributed by atoms with Crippen LogP contribution in [0, 0.1) is 0 Å². The lowest BCUT2D eigenvalue weighted by Crippen LogP contribution is -2.36. The summed E-state index contributed by atoms with van der Waals surface area (Å²) in [5.41, 5.74) is 1.41. The lowest BCUT2D eigenvalue weighted by atomic mass is 9.87. The van der Waals surface area contributed by atoms with E-state index in [9.17, 15) is 0 Å². The number of benzene rings is 1. The van der Waals surface area contributed by atoms with E-state index in [-0.39, 0.29) is 0 Å². The van der Waals surface area contributed by atoms with Crippen molar-refractivity contribution in [2.75, 3.05) is 27.3 Å². The van der Waals surface area contributed by atoms with Crippen LogP contribution in [0.3, 0.4) is 0 Å². The van der Waals surface area contributed by atoms with Gasteiger partial charge < -0.3 is 9.47 Å². The first kappa shape index (κ1) is 12.8. The second-order valence-corrected chi connectivity index (χ2v) is 5.61. The molecule has 104 valence electrons. The Balaban J connectivity index is 1.85. The Bertz CT molecular complexity index is 446. The fourth-order valence-corrected chi connectivity index (χ4v) is 3.72. The minimum atomic E-state index is 0.667. The first-order valence-electron chi connectivity index (χ1n) is 7.29. The minimum absolute atomic E-state index is 0.667. The van der Waals surface area contributed by atoms with Crippen LogP contribution < -0.4 is 9.47 Å². The molecule has 2 fully saturated rings. The Labute approximate surface area is 115 Å². The molecule has 0 saturated carbocycles. The maximum atomic E-state index is 5.43. The number of rotatable bonds is 3. The summed E-state index contributed by atoms with van der Waals surface area (Å²) in [6.45, 7) is 2.54. The lowest BCUT2D eigenvalue weighted by Gasteiger charge is -2.32. The first-order valence-corrected chi connectivity index (χ1v) is 7.29. The Kier molecular flexibility index (Phi) is 3.65. The van der Waals surface area contributed by atoms with Crippen LogP contribution in [0.1, 0.15) is 37.2 Å². The van der Waals surface area contributed by atoms with E-state index >= 15 is 0 Å². The molecule has 3 heteroatoms. The molecular formula is C16H23NO2. The van der Waals surface area contributed by atoms with Gasteiger partial charge in [-0.2, -0.15) is 0 Å². The lowest BCUT2D eigenvalue weighted by molar-refractivity contribution is 0.188. The largest absolute Gasteiger partial charge is 0.493 e. The van der Waals surface area contributed by atoms with Crippen LogP contribution in [0.15, 0.2) is 18.2 Å². The van der Waals surface area contributed by atoms with Gasteiger partial charge in [0, 0.05) is 12.0 Å². The molecule has 0 N–H and O–H groups in total. The molecule has 1 aromatic rings. The molecule has 0 unspecified atom stereocenters. The molecule has 1 aromatic carbocycles. The van der Waals surface area contributed by atoms with Gasteiger partial charge in [0.05, 0.1) is 14.2 Å². The highest BCUT2D eigenvalue weighted by atomic mass is 16.5. The summed E-state index contributed by atoms with van der Waals surface area (Å²) in [7, 11) is 3.40. The minimum Gasteiger partial charge on any atom is -0.493 e. The third-order valence-electron chi connectivity index (χ3n) is 4.69. The smallest absolute Gasteiger partial charge is 0.160 e. The molecule has 0 bridgehead atoms. The van der Waals surface area contributed by atoms with Crippen LogP contribution in [0.25, 0.3) is 0 Å². The van der Waals surface area contributed by atoms with E-state index in [2.05, 4.69) is 17.0 Å². The Hall–Kier alpha value is -1.22. The summed E-state index contributed by atoms with van der Waals surface area (Å²) in [6.07, 6.45) is 5.37. The van der Waals surface area contributed by atoms with E-state index in [4.69, 9.17) is 9.47 Å². The fourth-order valence-electron chi connectivity index (χ4n) is 3.72. The maximum Gasteiger partial charge on any atom is 0.160 e. The van der Waals surface area contributed by atoms with E-state index < -0.39 is 0 Å². The molecule has 0 spiro atoms. The molecular weight excluding hydrogens is 238 g/mol. The van der Waals surface area contributed by atoms with Crippen molar-refractivity contribution in [3.8, 4) is 11.5 Å². The van der Waals surface area contributed by atoms with Gasteiger partial charge in [0.25, 0.3) is 0 Å². The van der Waals surface area contributed by atoms with Gasteiger partial charge in [0.2, 0.25) is 0 Å². The summed E-state index contributed by atoms with van der Waals surface area (Å²) in [5, 5.41) is 0. The van der Waals surface area contributed by atoms with E-state index in [0.717, 1.165) is 17.5 Å². The molecule has 2 heterocycles. The molecule has 2 aliphatic heterocycles. The van der Waals surface area contributed by atoms with Crippen LogP contribution in [0.2, 0.25) is 0 Å². The highest BCUT2D eigenvalue weighted by Gasteiger charge is 2.36. The van der Waals surface area contributed by atoms with Crippen LogP contribution in [-0.4, -0.2) is 38.3 Å². The SMILES string of the molecule is COc1ccc([C@H]2CCN3CCCC[C@H]23)cc1OC. The average Bonchev–Trinajstić information content (AvgIpc) is 2.90. The van der Waals surface area contributed by atoms with Crippen molar-refractivity contribution in [2.45, 2.75) is 37.6 Å². The standard InChI is InChI=1S/C16H23NO2/c1-18-15-7-6-12(11-16(15)19-2)13-8-10-17-9-4-3-5-14(13)17/h6-7,11,13-14H,3-5,8-10H2,1-2H3/t13-,14-/m1/s1. The summed E-state index contributed by atoms with van der Waals surface area (Å²) in [4.78, 5) is 2.67. The zero-order valence-corrected chi connectivity index (χ0v) is 11.9. The van der Waals surface area contributed by atoms with Gasteiger partial charge in [-0.25, -0.2) is 0 Å². The van der Waals surface area contributed by atoms with Crippen molar-refractivity contribution in [3.63, 3.8) is 0 Å². The molecule has 2 saturated heterocycles. The predicted octanol–water partition coefficient (Wildman–Crippen LogP) is 3.05. The third-order valence-corrected chi connectivity index (χ3v) is 4.69. The van der Waals surface area contributed by atoms with E-state index in [1.807, 2.05) is 6.07 Å². The summed E-state index contributed by atoms with van der Waals surface area (Å²) in [6, 6.07) is 7.16. The van der Waals surface area contributed by atoms with E-state index in [1.54, 1.807) is 14.2 Å². The Morgan fingerprint density at radius 1 is 1.00 bits per heavy atom. The van der Waals surface area contributed by atoms with Crippen LogP contribution in [0.4, 0.5) is 0 Å². The second kappa shape index (κ2) is 5.41. The number of fused-ring (bicyclic) bond motifs is 1. The van der Waals surface area contributed by atoms with E-state index in [0.29, 0.717) is 5.92 Å². The van der Waals surface area contributed by atoms with Gasteiger partial charge >= 0.3 is 0 Å². The fraction of sp³-hybridized carbons (Fsp3) is 0.625. The van der Waals surface area contributed by atoms with Crippen molar-refractivity contribution in [1.29, 1.82) is 0 Å². The summed E-state index contributed by atoms with van der Waals surface area (Å²) < 4.78 is 10.8. The molecule has 0 amide bonds. The number of ether oxygens (including phenoxy) is 2. The van der Waals surface area contributed by atoms with Crippen molar-refractivity contribution in [2.24, 2.45) is 0 Å². The number of piperidine rings is 1. The topological polar surface area (TPSA) is 21.7 Å². The summed E-state index contributed by atoms with van der Waals surface area (Å²) >= 11 is 0. The van der Waals surface area contributed by atoms with Crippen molar-refractivity contribution < 1.29 is 9.47 Å². The number of nitrogens with zero attached hydrogens (tertiary/aromatic N) is 1. The normalized spacial score (nSPS) is 27.1. The highest BCUT2D eigenvalue weighted by Crippen LogP contribution is 2.40. The van der Waals surface area contributed by atoms with Gasteiger partial charge in [0.15, 0.2) is 11.5 Å². The molecule has 3 rings (SSSR count). The van der Waals surface area contributed by atoms with Crippen molar-refractivity contribution in [1.82, 2.24) is 4.90 Å². The second-order valence-electron chi connectivity index (χ2n) is 5.61. The van der Waals surface area contributed by atoms with Gasteiger partial charge in [-0.05, 0) is 50.0 Å². The maximum absolute atomic E-state index is 5.43. The number of hydrogen-bond acceptors (Lipinski definition) is 3. The Morgan fingerprint density at radius 2 is 1.84 bits per heavy atom. The monoisotopic (exact) mass is 261 g/mol. The van der Waals surface area contributed by atoms with E-state index in [1.165, 1.54) is 44.3 Å². The van der Waals surface area contributed by atoms with Crippen molar-refractivity contribution in [3.05, 3.63) is 23.8 Å². The molecule has 2 atom stereocenters. The molecule has 0 aliphatic carbocycles. The molecule has 0 aromatic heterocycles. The summed E-state index contributed by atoms with van der Waals surface area (Å²) in [5.74, 6) is 2.35. The zero-order valence-electron chi connectivity index (χ0n) is 11.9. The first-order chi connectivity index (χ1) is 9.33. The molecule has 0 radical (unpaired) electrons. The van der Waals surface area contributed by atoms with Gasteiger partial charge in [-0.1, -0.05) is 12.5 Å². The third kappa shape index (κ3) is 2.32. The predicted molar refractivity (Wildman–Crippen MR) is 76.1 cm³/mol. The van der Waals surface area contributed by atoms with Gasteiger partial charge in [-0.3, -0.25) is 4.90 Å². The van der Waals surface area contributed by atoms with Crippen LogP contribution >= 0.6 is 0 Å². The zero-order chi connectivity index (χ0) is 13.2. The Morgan fingerprint density at radius 3 is 2.63 bits per heavy atom. The number of hydrogen-bond donors (Lipinski definition) is 0. The highest BCUT2D eigenvalue weighted by molar-refractivity contribution is 5.44. The van der Waals surface area contributed by atoms with Crippen LogP contribution in [-0.2, 0) is 0 Å². The van der Waals surface area contributed by atoms with Gasteiger partial charge in [-0.15, -0.1) is 0 Å². The quantitative estimate of drug-likeness (QED) is 0.834. The molecule has 3 nitrogen and oxygen atoms in total. The number of methoxy groups -OCH3 is 2. The molecule has 19 heavy (non-hydrogen) atoms. The average molecular weight is 261 g/mol. The van der Waals surface area contributed by atoms with Crippen LogP contribution in [0.5, 0.6) is 11.5 Å². The molecule has 2 aliphatic rings.